The van der Waals surface area contributed by atoms with E-state index in [-0.39, 0.29) is 11.3 Å². The summed E-state index contributed by atoms with van der Waals surface area (Å²) < 4.78 is 17.8. The van der Waals surface area contributed by atoms with Crippen LogP contribution >= 0.6 is 11.8 Å². The van der Waals surface area contributed by atoms with E-state index in [1.807, 2.05) is 30.3 Å². The van der Waals surface area contributed by atoms with Gasteiger partial charge in [-0.15, -0.1) is 11.8 Å². The van der Waals surface area contributed by atoms with Crippen LogP contribution in [0.2, 0.25) is 0 Å². The average molecular weight is 362 g/mol. The molecule has 0 saturated heterocycles. The molecule has 0 bridgehead atoms. The van der Waals surface area contributed by atoms with E-state index in [0.717, 1.165) is 24.3 Å². The highest BCUT2D eigenvalue weighted by Gasteiger charge is 2.13. The standard InChI is InChI=1S/C18H19FN2O3S/c19-13-7-8-15(16(20)11-13)18(23)24-12-17(22)21-9-4-10-25-14-5-2-1-3-6-14/h1-3,5-8,11H,4,9-10,12,20H2,(H,21,22). The lowest BCUT2D eigenvalue weighted by molar-refractivity contribution is -0.124. The molecule has 25 heavy (non-hydrogen) atoms. The number of carbonyl (C=O) groups excluding carboxylic acids is 2. The molecule has 1 amide bonds. The van der Waals surface area contributed by atoms with Gasteiger partial charge in [0, 0.05) is 17.1 Å². The first-order valence-corrected chi connectivity index (χ1v) is 8.71. The van der Waals surface area contributed by atoms with Gasteiger partial charge in [0.15, 0.2) is 6.61 Å². The van der Waals surface area contributed by atoms with Crippen molar-refractivity contribution in [2.24, 2.45) is 0 Å². The quantitative estimate of drug-likeness (QED) is 0.327. The fourth-order valence-corrected chi connectivity index (χ4v) is 2.86. The van der Waals surface area contributed by atoms with Crippen LogP contribution in [0.1, 0.15) is 16.8 Å². The molecule has 5 nitrogen and oxygen atoms in total. The summed E-state index contributed by atoms with van der Waals surface area (Å²) in [5, 5.41) is 2.68. The Balaban J connectivity index is 1.62. The van der Waals surface area contributed by atoms with E-state index in [0.29, 0.717) is 6.54 Å². The van der Waals surface area contributed by atoms with Gasteiger partial charge in [0.2, 0.25) is 0 Å². The van der Waals surface area contributed by atoms with Gasteiger partial charge in [-0.1, -0.05) is 18.2 Å². The molecule has 0 aliphatic carbocycles. The number of hydrogen-bond acceptors (Lipinski definition) is 5. The van der Waals surface area contributed by atoms with Crippen molar-refractivity contribution in [3.05, 3.63) is 59.9 Å². The number of ether oxygens (including phenoxy) is 1. The Morgan fingerprint density at radius 3 is 2.64 bits per heavy atom. The van der Waals surface area contributed by atoms with Gasteiger partial charge in [-0.05, 0) is 42.5 Å². The molecule has 0 aliphatic heterocycles. The summed E-state index contributed by atoms with van der Waals surface area (Å²) in [4.78, 5) is 24.7. The molecule has 0 radical (unpaired) electrons. The molecular formula is C18H19FN2O3S. The Morgan fingerprint density at radius 1 is 1.16 bits per heavy atom. The Labute approximate surface area is 149 Å². The van der Waals surface area contributed by atoms with Crippen LogP contribution in [0, 0.1) is 5.82 Å². The molecule has 2 rings (SSSR count). The summed E-state index contributed by atoms with van der Waals surface area (Å²) in [6.07, 6.45) is 0.796. The maximum absolute atomic E-state index is 12.9. The van der Waals surface area contributed by atoms with Gasteiger partial charge in [-0.2, -0.15) is 0 Å². The Kier molecular flexibility index (Phi) is 7.28. The van der Waals surface area contributed by atoms with Crippen LogP contribution in [-0.2, 0) is 9.53 Å². The van der Waals surface area contributed by atoms with Crippen LogP contribution < -0.4 is 11.1 Å². The van der Waals surface area contributed by atoms with Gasteiger partial charge in [0.1, 0.15) is 5.82 Å². The van der Waals surface area contributed by atoms with Gasteiger partial charge < -0.3 is 15.8 Å². The lowest BCUT2D eigenvalue weighted by Gasteiger charge is -2.08. The number of carbonyl (C=O) groups is 2. The molecule has 0 unspecified atom stereocenters. The monoisotopic (exact) mass is 362 g/mol. The first-order chi connectivity index (χ1) is 12.1. The number of halogens is 1. The van der Waals surface area contributed by atoms with Crippen molar-refractivity contribution in [3.63, 3.8) is 0 Å². The van der Waals surface area contributed by atoms with E-state index in [1.165, 1.54) is 11.0 Å². The zero-order valence-corrected chi connectivity index (χ0v) is 14.4. The van der Waals surface area contributed by atoms with Gasteiger partial charge >= 0.3 is 5.97 Å². The molecule has 0 aliphatic rings. The molecule has 0 saturated carbocycles. The SMILES string of the molecule is Nc1cc(F)ccc1C(=O)OCC(=O)NCCCSc1ccccc1. The normalized spacial score (nSPS) is 10.3. The summed E-state index contributed by atoms with van der Waals surface area (Å²) in [5.41, 5.74) is 5.56. The third-order valence-electron chi connectivity index (χ3n) is 3.22. The Morgan fingerprint density at radius 2 is 1.92 bits per heavy atom. The molecule has 7 heteroatoms. The average Bonchev–Trinajstić information content (AvgIpc) is 2.60. The van der Waals surface area contributed by atoms with Gasteiger partial charge in [0.05, 0.1) is 5.56 Å². The van der Waals surface area contributed by atoms with Crippen molar-refractivity contribution in [2.75, 3.05) is 24.6 Å². The first kappa shape index (κ1) is 18.8. The number of nitrogens with two attached hydrogens (primary N) is 1. The zero-order valence-electron chi connectivity index (χ0n) is 13.5. The fourth-order valence-electron chi connectivity index (χ4n) is 1.99. The van der Waals surface area contributed by atoms with Crippen molar-refractivity contribution < 1.29 is 18.7 Å². The van der Waals surface area contributed by atoms with Crippen LogP contribution in [0.15, 0.2) is 53.4 Å². The van der Waals surface area contributed by atoms with Gasteiger partial charge in [-0.25, -0.2) is 9.18 Å². The highest BCUT2D eigenvalue weighted by Crippen LogP contribution is 2.17. The predicted octanol–water partition coefficient (Wildman–Crippen LogP) is 2.86. The minimum Gasteiger partial charge on any atom is -0.452 e. The Bertz CT molecular complexity index is 726. The van der Waals surface area contributed by atoms with Gasteiger partial charge in [0.25, 0.3) is 5.91 Å². The zero-order chi connectivity index (χ0) is 18.1. The van der Waals surface area contributed by atoms with E-state index in [4.69, 9.17) is 10.5 Å². The lowest BCUT2D eigenvalue weighted by atomic mass is 10.2. The second-order valence-electron chi connectivity index (χ2n) is 5.17. The summed E-state index contributed by atoms with van der Waals surface area (Å²) in [5.74, 6) is -0.817. The third-order valence-corrected chi connectivity index (χ3v) is 4.32. The molecular weight excluding hydrogens is 343 g/mol. The van der Waals surface area contributed by atoms with Crippen LogP contribution in [0.4, 0.5) is 10.1 Å². The van der Waals surface area contributed by atoms with Crippen LogP contribution in [0.25, 0.3) is 0 Å². The van der Waals surface area contributed by atoms with E-state index < -0.39 is 24.3 Å². The molecule has 0 spiro atoms. The Hall–Kier alpha value is -2.54. The topological polar surface area (TPSA) is 81.4 Å². The van der Waals surface area contributed by atoms with E-state index in [2.05, 4.69) is 5.32 Å². The second-order valence-corrected chi connectivity index (χ2v) is 6.34. The number of esters is 1. The van der Waals surface area contributed by atoms with E-state index in [9.17, 15) is 14.0 Å². The van der Waals surface area contributed by atoms with Gasteiger partial charge in [-0.3, -0.25) is 4.79 Å². The van der Waals surface area contributed by atoms with E-state index in [1.54, 1.807) is 11.8 Å². The van der Waals surface area contributed by atoms with Crippen LogP contribution in [0.3, 0.4) is 0 Å². The number of hydrogen-bond donors (Lipinski definition) is 2. The largest absolute Gasteiger partial charge is 0.452 e. The smallest absolute Gasteiger partial charge is 0.340 e. The summed E-state index contributed by atoms with van der Waals surface area (Å²) in [7, 11) is 0. The summed E-state index contributed by atoms with van der Waals surface area (Å²) in [6.45, 7) is 0.0936. The molecule has 2 aromatic rings. The molecule has 2 aromatic carbocycles. The predicted molar refractivity (Wildman–Crippen MR) is 95.9 cm³/mol. The van der Waals surface area contributed by atoms with Crippen LogP contribution in [0.5, 0.6) is 0 Å². The third kappa shape index (κ3) is 6.46. The van der Waals surface area contributed by atoms with Crippen molar-refractivity contribution in [1.82, 2.24) is 5.32 Å². The summed E-state index contributed by atoms with van der Waals surface area (Å²) in [6, 6.07) is 13.3. The molecule has 0 heterocycles. The minimum atomic E-state index is -0.757. The minimum absolute atomic E-state index is 0.0247. The highest BCUT2D eigenvalue weighted by molar-refractivity contribution is 7.99. The second kappa shape index (κ2) is 9.68. The number of rotatable bonds is 8. The highest BCUT2D eigenvalue weighted by atomic mass is 32.2. The first-order valence-electron chi connectivity index (χ1n) is 7.73. The number of anilines is 1. The van der Waals surface area contributed by atoms with E-state index >= 15 is 0 Å². The molecule has 0 fully saturated rings. The molecule has 0 aromatic heterocycles. The number of nitrogen functional groups attached to an aromatic ring is 1. The number of thioether (sulfide) groups is 1. The van der Waals surface area contributed by atoms with Crippen LogP contribution in [-0.4, -0.2) is 30.8 Å². The number of nitrogens with one attached hydrogen (secondary N) is 1. The molecule has 132 valence electrons. The van der Waals surface area contributed by atoms with Crippen molar-refractivity contribution in [2.45, 2.75) is 11.3 Å². The fraction of sp³-hybridized carbons (Fsp3) is 0.222. The lowest BCUT2D eigenvalue weighted by Crippen LogP contribution is -2.30. The van der Waals surface area contributed by atoms with Crippen molar-refractivity contribution >= 4 is 29.3 Å². The number of amides is 1. The van der Waals surface area contributed by atoms with Crippen molar-refractivity contribution in [3.8, 4) is 0 Å². The maximum atomic E-state index is 12.9. The molecule has 3 N–H and O–H groups in total. The summed E-state index contributed by atoms with van der Waals surface area (Å²) >= 11 is 1.71. The number of benzene rings is 2. The van der Waals surface area contributed by atoms with Crippen molar-refractivity contribution in [1.29, 1.82) is 0 Å². The maximum Gasteiger partial charge on any atom is 0.340 e. The molecule has 0 atom stereocenters.